The van der Waals surface area contributed by atoms with Crippen LogP contribution in [0.3, 0.4) is 0 Å². The molecule has 1 aromatic heterocycles. The number of nitrogens with zero attached hydrogens (tertiary/aromatic N) is 2. The number of carbonyl (C=O) groups excluding carboxylic acids is 2. The normalized spacial score (nSPS) is 26.3. The molecule has 6 rings (SSSR count). The third-order valence-corrected chi connectivity index (χ3v) is 9.58. The highest BCUT2D eigenvalue weighted by Crippen LogP contribution is 2.30. The molecule has 13 heteroatoms. The SMILES string of the molecule is NS(=O)(=O)c1ccc(-c2ccc3c(c2)OCC[C@@H]2CC[C@H](O)[C@@H](CNC(=O)[C@@H]4C[C@@H](CN4Cc4cccnc4)NC3=O)O2)cc1. The van der Waals surface area contributed by atoms with Crippen molar-refractivity contribution in [1.82, 2.24) is 20.5 Å². The van der Waals surface area contributed by atoms with Crippen molar-refractivity contribution in [2.75, 3.05) is 19.7 Å². The van der Waals surface area contributed by atoms with Crippen LogP contribution in [0.15, 0.2) is 71.9 Å². The molecule has 3 aromatic rings. The van der Waals surface area contributed by atoms with Gasteiger partial charge in [-0.05, 0) is 66.3 Å². The fourth-order valence-electron chi connectivity index (χ4n) is 6.26. The molecule has 2 saturated heterocycles. The first-order valence-corrected chi connectivity index (χ1v) is 16.6. The Morgan fingerprint density at radius 3 is 2.60 bits per heavy atom. The van der Waals surface area contributed by atoms with E-state index in [4.69, 9.17) is 14.6 Å². The Bertz CT molecular complexity index is 1640. The highest BCUT2D eigenvalue weighted by Gasteiger charge is 2.39. The first-order chi connectivity index (χ1) is 21.6. The molecule has 4 bridgehead atoms. The van der Waals surface area contributed by atoms with Gasteiger partial charge in [0.05, 0.1) is 35.3 Å². The van der Waals surface area contributed by atoms with Crippen molar-refractivity contribution >= 4 is 21.8 Å². The Kier molecular flexibility index (Phi) is 9.15. The molecule has 5 N–H and O–H groups in total. The van der Waals surface area contributed by atoms with E-state index in [-0.39, 0.29) is 42.0 Å². The van der Waals surface area contributed by atoms with E-state index in [1.54, 1.807) is 42.7 Å². The Morgan fingerprint density at radius 2 is 1.84 bits per heavy atom. The van der Waals surface area contributed by atoms with Crippen LogP contribution < -0.4 is 20.5 Å². The van der Waals surface area contributed by atoms with Crippen LogP contribution in [0.5, 0.6) is 5.75 Å². The summed E-state index contributed by atoms with van der Waals surface area (Å²) in [6, 6.07) is 14.4. The lowest BCUT2D eigenvalue weighted by Crippen LogP contribution is -2.50. The van der Waals surface area contributed by atoms with Gasteiger partial charge in [0.1, 0.15) is 11.9 Å². The molecule has 2 aromatic carbocycles. The highest BCUT2D eigenvalue weighted by molar-refractivity contribution is 7.89. The van der Waals surface area contributed by atoms with Gasteiger partial charge in [-0.15, -0.1) is 0 Å². The number of hydrogen-bond donors (Lipinski definition) is 4. The number of aliphatic hydroxyl groups excluding tert-OH is 1. The van der Waals surface area contributed by atoms with Crippen molar-refractivity contribution in [2.24, 2.45) is 5.14 Å². The zero-order valence-corrected chi connectivity index (χ0v) is 25.5. The van der Waals surface area contributed by atoms with Gasteiger partial charge in [-0.3, -0.25) is 19.5 Å². The number of fused-ring (bicyclic) bond motifs is 5. The molecule has 238 valence electrons. The second kappa shape index (κ2) is 13.2. The van der Waals surface area contributed by atoms with Crippen LogP contribution in [0.2, 0.25) is 0 Å². The van der Waals surface area contributed by atoms with Gasteiger partial charge < -0.3 is 25.2 Å². The number of ether oxygens (including phenoxy) is 2. The number of benzene rings is 2. The molecule has 0 aliphatic carbocycles. The average molecular weight is 636 g/mol. The van der Waals surface area contributed by atoms with Gasteiger partial charge in [-0.25, -0.2) is 13.6 Å². The predicted molar refractivity (Wildman–Crippen MR) is 165 cm³/mol. The lowest BCUT2D eigenvalue weighted by atomic mass is 9.99. The van der Waals surface area contributed by atoms with Crippen LogP contribution >= 0.6 is 0 Å². The van der Waals surface area contributed by atoms with Crippen molar-refractivity contribution in [2.45, 2.75) is 67.5 Å². The Balaban J connectivity index is 1.29. The fraction of sp³-hybridized carbons (Fsp3) is 0.406. The summed E-state index contributed by atoms with van der Waals surface area (Å²) < 4.78 is 35.8. The topological polar surface area (TPSA) is 173 Å². The number of sulfonamides is 1. The van der Waals surface area contributed by atoms with Crippen molar-refractivity contribution < 1.29 is 32.6 Å². The number of hydrogen-bond acceptors (Lipinski definition) is 9. The molecule has 2 amide bonds. The van der Waals surface area contributed by atoms with Crippen LogP contribution in [0, 0.1) is 0 Å². The summed E-state index contributed by atoms with van der Waals surface area (Å²) in [7, 11) is -3.83. The van der Waals surface area contributed by atoms with Crippen LogP contribution in [0.4, 0.5) is 0 Å². The lowest BCUT2D eigenvalue weighted by Gasteiger charge is -2.34. The number of aromatic nitrogens is 1. The van der Waals surface area contributed by atoms with Gasteiger partial charge in [0.15, 0.2) is 0 Å². The predicted octanol–water partition coefficient (Wildman–Crippen LogP) is 1.58. The minimum absolute atomic E-state index is 0.00362. The van der Waals surface area contributed by atoms with Gasteiger partial charge in [0.2, 0.25) is 15.9 Å². The maximum atomic E-state index is 13.7. The smallest absolute Gasteiger partial charge is 0.255 e. The Morgan fingerprint density at radius 1 is 1.04 bits per heavy atom. The summed E-state index contributed by atoms with van der Waals surface area (Å²) in [6.45, 7) is 1.38. The van der Waals surface area contributed by atoms with E-state index in [2.05, 4.69) is 15.6 Å². The highest BCUT2D eigenvalue weighted by atomic mass is 32.2. The quantitative estimate of drug-likeness (QED) is 0.332. The second-order valence-corrected chi connectivity index (χ2v) is 13.4. The number of nitrogens with one attached hydrogen (secondary N) is 2. The van der Waals surface area contributed by atoms with E-state index in [0.29, 0.717) is 50.1 Å². The fourth-order valence-corrected chi connectivity index (χ4v) is 6.77. The third-order valence-electron chi connectivity index (χ3n) is 8.65. The average Bonchev–Trinajstić information content (AvgIpc) is 3.42. The number of nitrogens with two attached hydrogens (primary N) is 1. The molecule has 3 aliphatic heterocycles. The lowest BCUT2D eigenvalue weighted by molar-refractivity contribution is -0.133. The summed E-state index contributed by atoms with van der Waals surface area (Å²) in [5.41, 5.74) is 2.75. The number of aliphatic hydroxyl groups is 1. The molecular weight excluding hydrogens is 598 g/mol. The molecule has 0 unspecified atom stereocenters. The molecule has 2 fully saturated rings. The van der Waals surface area contributed by atoms with Crippen molar-refractivity contribution in [3.63, 3.8) is 0 Å². The molecule has 12 nitrogen and oxygen atoms in total. The van der Waals surface area contributed by atoms with Gasteiger partial charge in [-0.2, -0.15) is 0 Å². The molecule has 0 spiro atoms. The van der Waals surface area contributed by atoms with E-state index in [9.17, 15) is 23.1 Å². The summed E-state index contributed by atoms with van der Waals surface area (Å²) >= 11 is 0. The molecule has 4 heterocycles. The van der Waals surface area contributed by atoms with Crippen molar-refractivity contribution in [1.29, 1.82) is 0 Å². The number of amides is 2. The maximum absolute atomic E-state index is 13.7. The first kappa shape index (κ1) is 31.1. The molecule has 0 saturated carbocycles. The van der Waals surface area contributed by atoms with Crippen LogP contribution in [-0.4, -0.2) is 85.3 Å². The number of carbonyl (C=O) groups is 2. The first-order valence-electron chi connectivity index (χ1n) is 15.1. The van der Waals surface area contributed by atoms with E-state index in [1.807, 2.05) is 17.0 Å². The van der Waals surface area contributed by atoms with E-state index in [0.717, 1.165) is 16.7 Å². The minimum atomic E-state index is -3.83. The largest absolute Gasteiger partial charge is 0.493 e. The Labute approximate surface area is 262 Å². The number of pyridine rings is 1. The third kappa shape index (κ3) is 7.34. The van der Waals surface area contributed by atoms with Crippen molar-refractivity contribution in [3.05, 3.63) is 78.1 Å². The molecule has 45 heavy (non-hydrogen) atoms. The Hall–Kier alpha value is -3.88. The molecule has 0 radical (unpaired) electrons. The van der Waals surface area contributed by atoms with Gasteiger partial charge >= 0.3 is 0 Å². The molecule has 5 atom stereocenters. The maximum Gasteiger partial charge on any atom is 0.255 e. The monoisotopic (exact) mass is 635 g/mol. The molecule has 3 aliphatic rings. The zero-order valence-electron chi connectivity index (χ0n) is 24.7. The van der Waals surface area contributed by atoms with Crippen LogP contribution in [-0.2, 0) is 26.1 Å². The zero-order chi connectivity index (χ0) is 31.6. The van der Waals surface area contributed by atoms with Crippen LogP contribution in [0.25, 0.3) is 11.1 Å². The van der Waals surface area contributed by atoms with Gasteiger partial charge in [-0.1, -0.05) is 24.3 Å². The van der Waals surface area contributed by atoms with E-state index < -0.39 is 28.3 Å². The standard InChI is InChI=1S/C32H37N5O7S/c33-45(41,42)25-7-3-21(4-8-25)22-5-9-26-29(14-22)43-13-11-24-6-10-28(38)30(44-24)17-35-32(40)27-15-23(36-31(26)39)19-37(27)18-20-2-1-12-34-16-20/h1-5,7-9,12,14,16,23-24,27-28,30,38H,6,10-11,13,15,17-19H2,(H,35,40)(H,36,39)(H2,33,41,42)/t23-,24-,27-,28-,30+/m0/s1. The van der Waals surface area contributed by atoms with Crippen LogP contribution in [0.1, 0.15) is 41.6 Å². The summed E-state index contributed by atoms with van der Waals surface area (Å²) in [6.07, 6.45) is 4.15. The number of rotatable bonds is 4. The number of primary sulfonamides is 1. The summed E-state index contributed by atoms with van der Waals surface area (Å²) in [5.74, 6) is -0.125. The van der Waals surface area contributed by atoms with Gasteiger partial charge in [0.25, 0.3) is 5.91 Å². The van der Waals surface area contributed by atoms with E-state index >= 15 is 0 Å². The van der Waals surface area contributed by atoms with E-state index in [1.165, 1.54) is 12.1 Å². The second-order valence-electron chi connectivity index (χ2n) is 11.8. The summed E-state index contributed by atoms with van der Waals surface area (Å²) in [4.78, 5) is 33.4. The minimum Gasteiger partial charge on any atom is -0.493 e. The van der Waals surface area contributed by atoms with Crippen molar-refractivity contribution in [3.8, 4) is 16.9 Å². The summed E-state index contributed by atoms with van der Waals surface area (Å²) in [5, 5.41) is 22.0. The number of likely N-dealkylation sites (tertiary alicyclic amines) is 1. The van der Waals surface area contributed by atoms with Gasteiger partial charge in [0, 0.05) is 44.5 Å². The molecular formula is C32H37N5O7S.